The van der Waals surface area contributed by atoms with Gasteiger partial charge in [0, 0.05) is 30.4 Å². The highest BCUT2D eigenvalue weighted by Gasteiger charge is 2.17. The molecule has 0 heterocycles. The zero-order valence-electron chi connectivity index (χ0n) is 9.26. The first-order valence-electron chi connectivity index (χ1n) is 4.89. The van der Waals surface area contributed by atoms with Crippen LogP contribution in [0.25, 0.3) is 0 Å². The lowest BCUT2D eigenvalue weighted by atomic mass is 9.94. The second kappa shape index (κ2) is 6.68. The third kappa shape index (κ3) is 6.36. The molecule has 0 fully saturated rings. The van der Waals surface area contributed by atoms with Crippen molar-refractivity contribution in [2.75, 3.05) is 25.2 Å². The summed E-state index contributed by atoms with van der Waals surface area (Å²) in [6.07, 6.45) is 3.28. The fourth-order valence-corrected chi connectivity index (χ4v) is 1.75. The van der Waals surface area contributed by atoms with Gasteiger partial charge in [-0.1, -0.05) is 20.8 Å². The van der Waals surface area contributed by atoms with Crippen molar-refractivity contribution in [3.63, 3.8) is 0 Å². The first-order valence-corrected chi connectivity index (χ1v) is 6.28. The molecule has 0 saturated carbocycles. The van der Waals surface area contributed by atoms with E-state index in [-0.39, 0.29) is 12.0 Å². The predicted octanol–water partition coefficient (Wildman–Crippen LogP) is 1.74. The van der Waals surface area contributed by atoms with Crippen LogP contribution in [0.15, 0.2) is 0 Å². The average Bonchev–Trinajstić information content (AvgIpc) is 2.12. The van der Waals surface area contributed by atoms with Gasteiger partial charge in [0.05, 0.1) is 0 Å². The number of hydrogen-bond acceptors (Lipinski definition) is 3. The molecule has 80 valence electrons. The van der Waals surface area contributed by atoms with Gasteiger partial charge < -0.3 is 10.4 Å². The summed E-state index contributed by atoms with van der Waals surface area (Å²) in [5.74, 6) is 1.15. The molecule has 0 spiro atoms. The first kappa shape index (κ1) is 13.3. The molecule has 0 radical (unpaired) electrons. The smallest absolute Gasteiger partial charge is 0.0494 e. The Hall–Kier alpha value is 0.270. The molecule has 3 heteroatoms. The number of nitrogens with one attached hydrogen (secondary N) is 1. The molecule has 1 atom stereocenters. The van der Waals surface area contributed by atoms with Crippen LogP contribution >= 0.6 is 11.8 Å². The summed E-state index contributed by atoms with van der Waals surface area (Å²) in [5.41, 5.74) is 0.00578. The SMILES string of the molecule is CCC(CSC)NCC(C)(C)CO. The molecule has 0 aliphatic carbocycles. The van der Waals surface area contributed by atoms with Crippen molar-refractivity contribution >= 4 is 11.8 Å². The van der Waals surface area contributed by atoms with Gasteiger partial charge in [0.25, 0.3) is 0 Å². The number of aliphatic hydroxyl groups excluding tert-OH is 1. The van der Waals surface area contributed by atoms with Crippen molar-refractivity contribution in [1.82, 2.24) is 5.32 Å². The molecule has 0 saturated heterocycles. The van der Waals surface area contributed by atoms with E-state index in [1.54, 1.807) is 0 Å². The summed E-state index contributed by atoms with van der Waals surface area (Å²) in [7, 11) is 0. The molecule has 0 aromatic rings. The largest absolute Gasteiger partial charge is 0.396 e. The van der Waals surface area contributed by atoms with Gasteiger partial charge in [-0.3, -0.25) is 0 Å². The highest BCUT2D eigenvalue weighted by atomic mass is 32.2. The number of rotatable bonds is 7. The third-order valence-electron chi connectivity index (χ3n) is 2.16. The Morgan fingerprint density at radius 2 is 2.08 bits per heavy atom. The van der Waals surface area contributed by atoms with E-state index >= 15 is 0 Å². The van der Waals surface area contributed by atoms with Gasteiger partial charge in [0.2, 0.25) is 0 Å². The van der Waals surface area contributed by atoms with E-state index in [0.717, 1.165) is 18.7 Å². The Balaban J connectivity index is 3.70. The summed E-state index contributed by atoms with van der Waals surface area (Å²) in [4.78, 5) is 0. The highest BCUT2D eigenvalue weighted by Crippen LogP contribution is 2.12. The molecule has 0 aromatic heterocycles. The van der Waals surface area contributed by atoms with E-state index in [4.69, 9.17) is 5.11 Å². The Morgan fingerprint density at radius 1 is 1.46 bits per heavy atom. The third-order valence-corrected chi connectivity index (χ3v) is 2.89. The van der Waals surface area contributed by atoms with Crippen molar-refractivity contribution in [3.8, 4) is 0 Å². The fourth-order valence-electron chi connectivity index (χ4n) is 0.999. The van der Waals surface area contributed by atoms with Crippen molar-refractivity contribution in [3.05, 3.63) is 0 Å². The van der Waals surface area contributed by atoms with E-state index in [0.29, 0.717) is 6.04 Å². The second-order valence-corrected chi connectivity index (χ2v) is 5.17. The lowest BCUT2D eigenvalue weighted by molar-refractivity contribution is 0.154. The molecule has 0 aliphatic heterocycles. The minimum atomic E-state index is 0.00578. The van der Waals surface area contributed by atoms with Gasteiger partial charge in [-0.2, -0.15) is 11.8 Å². The zero-order chi connectivity index (χ0) is 10.3. The van der Waals surface area contributed by atoms with Crippen LogP contribution in [0.1, 0.15) is 27.2 Å². The van der Waals surface area contributed by atoms with E-state index in [1.807, 2.05) is 11.8 Å². The summed E-state index contributed by atoms with van der Waals surface area (Å²) in [5, 5.41) is 12.5. The van der Waals surface area contributed by atoms with Crippen LogP contribution in [-0.4, -0.2) is 36.3 Å². The van der Waals surface area contributed by atoms with Gasteiger partial charge >= 0.3 is 0 Å². The van der Waals surface area contributed by atoms with Crippen LogP contribution in [-0.2, 0) is 0 Å². The van der Waals surface area contributed by atoms with Gasteiger partial charge in [-0.15, -0.1) is 0 Å². The zero-order valence-corrected chi connectivity index (χ0v) is 10.1. The quantitative estimate of drug-likeness (QED) is 0.664. The fraction of sp³-hybridized carbons (Fsp3) is 1.00. The van der Waals surface area contributed by atoms with Gasteiger partial charge in [0.1, 0.15) is 0 Å². The Bertz CT molecular complexity index is 128. The van der Waals surface area contributed by atoms with Gasteiger partial charge in [-0.05, 0) is 12.7 Å². The van der Waals surface area contributed by atoms with Crippen LogP contribution in [0.2, 0.25) is 0 Å². The van der Waals surface area contributed by atoms with E-state index in [9.17, 15) is 0 Å². The normalized spacial score (nSPS) is 14.5. The average molecular weight is 205 g/mol. The molecule has 2 nitrogen and oxygen atoms in total. The van der Waals surface area contributed by atoms with E-state index in [1.165, 1.54) is 0 Å². The number of thioether (sulfide) groups is 1. The summed E-state index contributed by atoms with van der Waals surface area (Å²) in [6, 6.07) is 0.584. The Morgan fingerprint density at radius 3 is 2.46 bits per heavy atom. The predicted molar refractivity (Wildman–Crippen MR) is 61.3 cm³/mol. The maximum absolute atomic E-state index is 9.06. The minimum absolute atomic E-state index is 0.00578. The Labute approximate surface area is 86.5 Å². The van der Waals surface area contributed by atoms with Crippen LogP contribution in [0.3, 0.4) is 0 Å². The van der Waals surface area contributed by atoms with Crippen molar-refractivity contribution in [2.45, 2.75) is 33.2 Å². The minimum Gasteiger partial charge on any atom is -0.396 e. The standard InChI is InChI=1S/C10H23NOS/c1-5-9(6-13-4)11-7-10(2,3)8-12/h9,11-12H,5-8H2,1-4H3. The summed E-state index contributed by atoms with van der Waals surface area (Å²) >= 11 is 1.87. The maximum Gasteiger partial charge on any atom is 0.0494 e. The molecule has 0 rings (SSSR count). The van der Waals surface area contributed by atoms with Gasteiger partial charge in [-0.25, -0.2) is 0 Å². The van der Waals surface area contributed by atoms with Crippen LogP contribution < -0.4 is 5.32 Å². The van der Waals surface area contributed by atoms with E-state index in [2.05, 4.69) is 32.3 Å². The molecule has 0 amide bonds. The first-order chi connectivity index (χ1) is 6.05. The van der Waals surface area contributed by atoms with Gasteiger partial charge in [0.15, 0.2) is 0 Å². The summed E-state index contributed by atoms with van der Waals surface area (Å²) < 4.78 is 0. The molecular formula is C10H23NOS. The number of hydrogen-bond donors (Lipinski definition) is 2. The molecule has 2 N–H and O–H groups in total. The molecule has 0 aliphatic rings. The summed E-state index contributed by atoms with van der Waals surface area (Å²) in [6.45, 7) is 7.48. The lowest BCUT2D eigenvalue weighted by Crippen LogP contribution is -2.39. The molecule has 0 bridgehead atoms. The van der Waals surface area contributed by atoms with Crippen molar-refractivity contribution < 1.29 is 5.11 Å². The lowest BCUT2D eigenvalue weighted by Gasteiger charge is -2.25. The maximum atomic E-state index is 9.06. The Kier molecular flexibility index (Phi) is 6.82. The highest BCUT2D eigenvalue weighted by molar-refractivity contribution is 7.98. The molecular weight excluding hydrogens is 182 g/mol. The second-order valence-electron chi connectivity index (χ2n) is 4.26. The topological polar surface area (TPSA) is 32.3 Å². The van der Waals surface area contributed by atoms with Crippen LogP contribution in [0.5, 0.6) is 0 Å². The molecule has 13 heavy (non-hydrogen) atoms. The van der Waals surface area contributed by atoms with Crippen LogP contribution in [0.4, 0.5) is 0 Å². The molecule has 0 aromatic carbocycles. The van der Waals surface area contributed by atoms with Crippen LogP contribution in [0, 0.1) is 5.41 Å². The van der Waals surface area contributed by atoms with Crippen molar-refractivity contribution in [1.29, 1.82) is 0 Å². The van der Waals surface area contributed by atoms with Crippen molar-refractivity contribution in [2.24, 2.45) is 5.41 Å². The van der Waals surface area contributed by atoms with E-state index < -0.39 is 0 Å². The number of aliphatic hydroxyl groups is 1. The monoisotopic (exact) mass is 205 g/mol. The molecule has 1 unspecified atom stereocenters.